The van der Waals surface area contributed by atoms with E-state index >= 15 is 0 Å². The van der Waals surface area contributed by atoms with E-state index in [0.29, 0.717) is 6.42 Å². The first-order chi connectivity index (χ1) is 14.6. The van der Waals surface area contributed by atoms with E-state index in [-0.39, 0.29) is 5.91 Å². The van der Waals surface area contributed by atoms with E-state index < -0.39 is 19.5 Å². The number of hydrogen-bond donors (Lipinski definition) is 3. The van der Waals surface area contributed by atoms with Crippen LogP contribution in [0.1, 0.15) is 84.7 Å². The van der Waals surface area contributed by atoms with E-state index in [2.05, 4.69) is 12.2 Å². The van der Waals surface area contributed by atoms with Gasteiger partial charge in [0.1, 0.15) is 0 Å². The molecule has 0 saturated heterocycles. The predicted octanol–water partition coefficient (Wildman–Crippen LogP) is 6.27. The zero-order chi connectivity index (χ0) is 23.5. The molecule has 6 nitrogen and oxygen atoms in total. The molecule has 2 aromatic rings. The summed E-state index contributed by atoms with van der Waals surface area (Å²) in [4.78, 5) is 31.3. The molecule has 2 rings (SSSR count). The number of rotatable bonds is 11. The molecule has 0 aromatic heterocycles. The highest BCUT2D eigenvalue weighted by atomic mass is 31.2. The highest BCUT2D eigenvalue weighted by molar-refractivity contribution is 7.46. The van der Waals surface area contributed by atoms with Gasteiger partial charge in [-0.3, -0.25) is 9.32 Å². The molecule has 3 N–H and O–H groups in total. The summed E-state index contributed by atoms with van der Waals surface area (Å²) in [5.74, 6) is -0.151. The van der Waals surface area contributed by atoms with Crippen LogP contribution in [0, 0.1) is 0 Å². The van der Waals surface area contributed by atoms with Crippen LogP contribution in [-0.2, 0) is 13.9 Å². The number of carbonyl (C=O) groups is 1. The monoisotopic (exact) mass is 451 g/mol. The van der Waals surface area contributed by atoms with E-state index in [9.17, 15) is 19.1 Å². The number of hydrogen-bond acceptors (Lipinski definition) is 3. The third-order valence-corrected chi connectivity index (χ3v) is 5.68. The first-order valence-electron chi connectivity index (χ1n) is 11.2. The van der Waals surface area contributed by atoms with Crippen LogP contribution >= 0.6 is 7.82 Å². The Morgan fingerprint density at radius 1 is 1.03 bits per heavy atom. The summed E-state index contributed by atoms with van der Waals surface area (Å²) in [6.45, 7) is 9.30. The lowest BCUT2D eigenvalue weighted by Crippen LogP contribution is -2.43. The van der Waals surface area contributed by atoms with Gasteiger partial charge >= 0.3 is 7.82 Å². The van der Waals surface area contributed by atoms with Gasteiger partial charge in [0, 0.05) is 6.42 Å². The molecule has 0 saturated carbocycles. The number of phosphoric ester groups is 1. The standard InChI is InChI=1S/C22H32NO5P.C2H6/c1-4-5-6-7-8-13-20(24)23-21(22(2,3)28-29(25,26)27)19-15-14-17-11-9-10-12-18(17)16-19;1-2/h9-12,14-16,21H,4-8,13H2,1-3H3,(H,23,24)(H2,25,26,27);1-2H3. The minimum atomic E-state index is -4.74. The van der Waals surface area contributed by atoms with Crippen molar-refractivity contribution < 1.29 is 23.7 Å². The van der Waals surface area contributed by atoms with Crippen molar-refractivity contribution in [3.05, 3.63) is 48.0 Å². The largest absolute Gasteiger partial charge is 0.470 e. The number of amides is 1. The Morgan fingerprint density at radius 2 is 1.65 bits per heavy atom. The van der Waals surface area contributed by atoms with Crippen molar-refractivity contribution in [3.63, 3.8) is 0 Å². The third-order valence-electron chi connectivity index (χ3n) is 4.97. The number of benzene rings is 2. The molecule has 0 aliphatic heterocycles. The molecule has 2 aromatic carbocycles. The van der Waals surface area contributed by atoms with Crippen LogP contribution in [0.25, 0.3) is 10.8 Å². The van der Waals surface area contributed by atoms with Gasteiger partial charge in [0.2, 0.25) is 5.91 Å². The smallest absolute Gasteiger partial charge is 0.346 e. The van der Waals surface area contributed by atoms with Crippen LogP contribution in [0.5, 0.6) is 0 Å². The number of carbonyl (C=O) groups excluding carboxylic acids is 1. The predicted molar refractivity (Wildman–Crippen MR) is 127 cm³/mol. The number of nitrogens with one attached hydrogen (secondary N) is 1. The molecular formula is C24H38NO5P. The summed E-state index contributed by atoms with van der Waals surface area (Å²) in [5, 5.41) is 4.97. The Bertz CT molecular complexity index is 862. The van der Waals surface area contributed by atoms with Gasteiger partial charge < -0.3 is 15.1 Å². The van der Waals surface area contributed by atoms with Crippen LogP contribution in [0.3, 0.4) is 0 Å². The topological polar surface area (TPSA) is 95.9 Å². The maximum absolute atomic E-state index is 12.6. The number of fused-ring (bicyclic) bond motifs is 1. The average Bonchev–Trinajstić information content (AvgIpc) is 2.71. The number of phosphoric acid groups is 1. The quantitative estimate of drug-likeness (QED) is 0.276. The molecule has 0 aliphatic carbocycles. The van der Waals surface area contributed by atoms with Gasteiger partial charge in [-0.05, 0) is 42.7 Å². The Hall–Kier alpha value is -1.72. The molecule has 1 unspecified atom stereocenters. The lowest BCUT2D eigenvalue weighted by Gasteiger charge is -2.35. The van der Waals surface area contributed by atoms with E-state index in [4.69, 9.17) is 4.52 Å². The van der Waals surface area contributed by atoms with Gasteiger partial charge in [-0.2, -0.15) is 0 Å². The van der Waals surface area contributed by atoms with E-state index in [1.54, 1.807) is 13.8 Å². The van der Waals surface area contributed by atoms with Crippen LogP contribution in [0.4, 0.5) is 0 Å². The van der Waals surface area contributed by atoms with E-state index in [1.165, 1.54) is 0 Å². The van der Waals surface area contributed by atoms with Gasteiger partial charge in [0.05, 0.1) is 11.6 Å². The second-order valence-corrected chi connectivity index (χ2v) is 9.12. The zero-order valence-corrected chi connectivity index (χ0v) is 20.3. The van der Waals surface area contributed by atoms with Gasteiger partial charge in [0.15, 0.2) is 0 Å². The van der Waals surface area contributed by atoms with Crippen LogP contribution in [0.2, 0.25) is 0 Å². The summed E-state index contributed by atoms with van der Waals surface area (Å²) in [6, 6.07) is 12.8. The third kappa shape index (κ3) is 9.53. The molecular weight excluding hydrogens is 413 g/mol. The molecule has 0 bridgehead atoms. The summed E-state index contributed by atoms with van der Waals surface area (Å²) >= 11 is 0. The second-order valence-electron chi connectivity index (χ2n) is 7.96. The van der Waals surface area contributed by atoms with Crippen LogP contribution in [-0.4, -0.2) is 21.3 Å². The minimum Gasteiger partial charge on any atom is -0.346 e. The molecule has 0 heterocycles. The van der Waals surface area contributed by atoms with Crippen molar-refractivity contribution in [3.8, 4) is 0 Å². The molecule has 0 aliphatic rings. The first-order valence-corrected chi connectivity index (χ1v) is 12.7. The Balaban J connectivity index is 0.00000233. The molecule has 1 atom stereocenters. The molecule has 0 fully saturated rings. The van der Waals surface area contributed by atoms with Crippen molar-refractivity contribution >= 4 is 24.5 Å². The molecule has 7 heteroatoms. The fourth-order valence-electron chi connectivity index (χ4n) is 3.53. The van der Waals surface area contributed by atoms with Crippen molar-refractivity contribution in [1.82, 2.24) is 5.32 Å². The van der Waals surface area contributed by atoms with Gasteiger partial charge in [-0.1, -0.05) is 82.9 Å². The first kappa shape index (κ1) is 27.3. The van der Waals surface area contributed by atoms with Crippen molar-refractivity contribution in [1.29, 1.82) is 0 Å². The molecule has 1 amide bonds. The zero-order valence-electron chi connectivity index (χ0n) is 19.4. The Kier molecular flexibility index (Phi) is 11.4. The van der Waals surface area contributed by atoms with Crippen molar-refractivity contribution in [2.75, 3.05) is 0 Å². The summed E-state index contributed by atoms with van der Waals surface area (Å²) in [5.41, 5.74) is -0.569. The fourth-order valence-corrected chi connectivity index (χ4v) is 4.25. The summed E-state index contributed by atoms with van der Waals surface area (Å²) < 4.78 is 16.6. The lowest BCUT2D eigenvalue weighted by molar-refractivity contribution is -0.123. The van der Waals surface area contributed by atoms with Crippen molar-refractivity contribution in [2.45, 2.75) is 84.8 Å². The molecule has 31 heavy (non-hydrogen) atoms. The second kappa shape index (κ2) is 13.0. The Labute approximate surface area is 186 Å². The maximum atomic E-state index is 12.6. The molecule has 0 radical (unpaired) electrons. The van der Waals surface area contributed by atoms with E-state index in [0.717, 1.165) is 48.4 Å². The van der Waals surface area contributed by atoms with Gasteiger partial charge in [-0.25, -0.2) is 4.57 Å². The van der Waals surface area contributed by atoms with Crippen LogP contribution < -0.4 is 5.32 Å². The highest BCUT2D eigenvalue weighted by Gasteiger charge is 2.38. The maximum Gasteiger partial charge on any atom is 0.470 e. The van der Waals surface area contributed by atoms with E-state index in [1.807, 2.05) is 56.3 Å². The SMILES string of the molecule is CC.CCCCCCCC(=O)NC(c1ccc2ccccc2c1)C(C)(C)OP(=O)(O)O. The average molecular weight is 452 g/mol. The fraction of sp³-hybridized carbons (Fsp3) is 0.542. The lowest BCUT2D eigenvalue weighted by atomic mass is 9.90. The Morgan fingerprint density at radius 3 is 2.26 bits per heavy atom. The summed E-state index contributed by atoms with van der Waals surface area (Å²) in [6.07, 6.45) is 5.55. The molecule has 174 valence electrons. The highest BCUT2D eigenvalue weighted by Crippen LogP contribution is 2.45. The van der Waals surface area contributed by atoms with Gasteiger partial charge in [-0.15, -0.1) is 0 Å². The number of unbranched alkanes of at least 4 members (excludes halogenated alkanes) is 4. The molecule has 0 spiro atoms. The van der Waals surface area contributed by atoms with Gasteiger partial charge in [0.25, 0.3) is 0 Å². The summed E-state index contributed by atoms with van der Waals surface area (Å²) in [7, 11) is -4.74. The van der Waals surface area contributed by atoms with Crippen LogP contribution in [0.15, 0.2) is 42.5 Å². The normalized spacial score (nSPS) is 12.7. The minimum absolute atomic E-state index is 0.151. The van der Waals surface area contributed by atoms with Crippen molar-refractivity contribution in [2.24, 2.45) is 0 Å².